The van der Waals surface area contributed by atoms with Crippen LogP contribution in [0.15, 0.2) is 47.4 Å². The van der Waals surface area contributed by atoms with Gasteiger partial charge in [-0.1, -0.05) is 30.3 Å². The lowest BCUT2D eigenvalue weighted by molar-refractivity contribution is 0.0976. The third-order valence-corrected chi connectivity index (χ3v) is 4.44. The van der Waals surface area contributed by atoms with Gasteiger partial charge in [0.1, 0.15) is 0 Å². The van der Waals surface area contributed by atoms with Crippen LogP contribution >= 0.6 is 0 Å². The Balaban J connectivity index is 2.34. The number of carbonyl (C=O) groups is 2. The van der Waals surface area contributed by atoms with Gasteiger partial charge in [0.25, 0.3) is 0 Å². The molecule has 1 aliphatic rings. The molecule has 0 spiro atoms. The first-order valence-corrected chi connectivity index (χ1v) is 7.33. The van der Waals surface area contributed by atoms with Crippen molar-refractivity contribution in [3.63, 3.8) is 0 Å². The van der Waals surface area contributed by atoms with Crippen molar-refractivity contribution in [1.82, 2.24) is 0 Å². The lowest BCUT2D eigenvalue weighted by Crippen LogP contribution is -2.26. The summed E-state index contributed by atoms with van der Waals surface area (Å²) < 4.78 is 27.6. The number of carbonyl (C=O) groups excluding carboxylic acids is 2. The lowest BCUT2D eigenvalue weighted by Gasteiger charge is -2.17. The number of hydrogen-bond donors (Lipinski definition) is 1. The highest BCUT2D eigenvalue weighted by Crippen LogP contribution is 2.33. The Kier molecular flexibility index (Phi) is 3.07. The second kappa shape index (κ2) is 4.68. The normalized spacial score (nSPS) is 16.1. The molecule has 105 valence electrons. The van der Waals surface area contributed by atoms with E-state index in [1.165, 1.54) is 30.3 Å². The van der Waals surface area contributed by atoms with Gasteiger partial charge in [-0.3, -0.25) is 9.59 Å². The van der Waals surface area contributed by atoms with E-state index >= 15 is 0 Å². The molecule has 2 aromatic rings. The predicted molar refractivity (Wildman–Crippen MR) is 72.0 cm³/mol. The Morgan fingerprint density at radius 3 is 2.05 bits per heavy atom. The first-order valence-electron chi connectivity index (χ1n) is 5.92. The fourth-order valence-electron chi connectivity index (χ4n) is 2.37. The maximum absolute atomic E-state index is 12.5. The van der Waals surface area contributed by atoms with Crippen molar-refractivity contribution >= 4 is 22.1 Å². The number of nitrogens with two attached hydrogens (primary N) is 1. The molecule has 0 aliphatic heterocycles. The number of ketones is 2. The van der Waals surface area contributed by atoms with Crippen molar-refractivity contribution in [1.29, 1.82) is 0 Å². The molecule has 21 heavy (non-hydrogen) atoms. The highest BCUT2D eigenvalue weighted by Gasteiger charge is 2.43. The minimum Gasteiger partial charge on any atom is -0.289 e. The summed E-state index contributed by atoms with van der Waals surface area (Å²) in [5.74, 6) is 3.81. The van der Waals surface area contributed by atoms with E-state index < -0.39 is 27.0 Å². The van der Waals surface area contributed by atoms with E-state index in [1.54, 1.807) is 12.1 Å². The summed E-state index contributed by atoms with van der Waals surface area (Å²) in [5, 5.41) is 0. The van der Waals surface area contributed by atoms with Gasteiger partial charge in [0.2, 0.25) is 4.90 Å². The minimum absolute atomic E-state index is 0.0248. The van der Waals surface area contributed by atoms with E-state index in [1.807, 2.05) is 0 Å². The van der Waals surface area contributed by atoms with Crippen molar-refractivity contribution in [2.75, 3.05) is 0 Å². The smallest absolute Gasteiger partial charge is 0.289 e. The van der Waals surface area contributed by atoms with E-state index in [0.717, 1.165) is 0 Å². The number of rotatable bonds is 2. The predicted octanol–water partition coefficient (Wildman–Crippen LogP) is 1.47. The monoisotopic (exact) mass is 303 g/mol. The van der Waals surface area contributed by atoms with Crippen molar-refractivity contribution < 1.29 is 22.6 Å². The minimum atomic E-state index is -4.29. The molecule has 0 bridgehead atoms. The van der Waals surface area contributed by atoms with E-state index in [0.29, 0.717) is 0 Å². The van der Waals surface area contributed by atoms with E-state index in [-0.39, 0.29) is 22.3 Å². The van der Waals surface area contributed by atoms with Crippen LogP contribution in [0.4, 0.5) is 0 Å². The molecular formula is C14H9NO5S+. The van der Waals surface area contributed by atoms with E-state index in [4.69, 9.17) is 5.90 Å². The fraction of sp³-hybridized carbons (Fsp3) is 0. The molecule has 3 rings (SSSR count). The van der Waals surface area contributed by atoms with Gasteiger partial charge >= 0.3 is 10.5 Å². The molecule has 1 atom stereocenters. The molecule has 1 radical (unpaired) electrons. The molecule has 1 aliphatic carbocycles. The van der Waals surface area contributed by atoms with Crippen molar-refractivity contribution in [2.45, 2.75) is 4.90 Å². The molecule has 0 fully saturated rings. The second-order valence-electron chi connectivity index (χ2n) is 4.43. The molecule has 0 aromatic heterocycles. The molecule has 0 saturated carbocycles. The van der Waals surface area contributed by atoms with Crippen LogP contribution in [-0.2, 0) is 23.5 Å². The van der Waals surface area contributed by atoms with Gasteiger partial charge in [-0.15, -0.1) is 0 Å². The van der Waals surface area contributed by atoms with Crippen LogP contribution < -0.4 is 5.90 Å². The lowest BCUT2D eigenvalue weighted by atomic mass is 9.84. The van der Waals surface area contributed by atoms with Crippen LogP contribution in [0, 0.1) is 0 Å². The second-order valence-corrected chi connectivity index (χ2v) is 5.97. The number of benzene rings is 2. The molecule has 1 unspecified atom stereocenters. The molecule has 0 saturated heterocycles. The van der Waals surface area contributed by atoms with Gasteiger partial charge in [0.15, 0.2) is 11.6 Å². The maximum Gasteiger partial charge on any atom is 0.448 e. The van der Waals surface area contributed by atoms with Crippen molar-refractivity contribution in [2.24, 2.45) is 5.90 Å². The largest absolute Gasteiger partial charge is 0.448 e. The summed E-state index contributed by atoms with van der Waals surface area (Å²) in [6.45, 7) is 0. The van der Waals surface area contributed by atoms with Crippen LogP contribution in [0.2, 0.25) is 0 Å². The van der Waals surface area contributed by atoms with Gasteiger partial charge in [0.05, 0.1) is 10.1 Å². The van der Waals surface area contributed by atoms with Gasteiger partial charge in [-0.05, 0) is 14.6 Å². The topological polar surface area (TPSA) is 106 Å². The van der Waals surface area contributed by atoms with Crippen molar-refractivity contribution in [3.05, 3.63) is 64.7 Å². The molecular weight excluding hydrogens is 294 g/mol. The summed E-state index contributed by atoms with van der Waals surface area (Å²) in [7, 11) is -4.29. The van der Waals surface area contributed by atoms with Crippen LogP contribution in [0.3, 0.4) is 0 Å². The fourth-order valence-corrected chi connectivity index (χ4v) is 3.18. The Morgan fingerprint density at radius 2 is 1.43 bits per heavy atom. The summed E-state index contributed by atoms with van der Waals surface area (Å²) in [6, 6.07) is 10.2. The Hall–Kier alpha value is -2.19. The van der Waals surface area contributed by atoms with E-state index in [2.05, 4.69) is 4.28 Å². The van der Waals surface area contributed by atoms with Crippen molar-refractivity contribution in [3.8, 4) is 0 Å². The quantitative estimate of drug-likeness (QED) is 0.570. The standard InChI is InChI=1S/C14H9NO5S/c15-20-21(18,19)11-7-3-6-10-12(11)14(17)9-5-2-1-4-8(9)13(10)16/h1-7H,15H2/q+1. The summed E-state index contributed by atoms with van der Waals surface area (Å²) in [6.07, 6.45) is 0. The van der Waals surface area contributed by atoms with Gasteiger partial charge in [-0.25, -0.2) is 0 Å². The summed E-state index contributed by atoms with van der Waals surface area (Å²) in [5.41, 5.74) is 0.233. The van der Waals surface area contributed by atoms with Crippen LogP contribution in [0.25, 0.3) is 0 Å². The number of hydrogen-bond acceptors (Lipinski definition) is 5. The zero-order valence-electron chi connectivity index (χ0n) is 10.6. The van der Waals surface area contributed by atoms with Crippen LogP contribution in [-0.4, -0.2) is 11.6 Å². The molecule has 2 N–H and O–H groups in total. The Bertz CT molecular complexity index is 830. The summed E-state index contributed by atoms with van der Waals surface area (Å²) >= 11 is 0. The third-order valence-electron chi connectivity index (χ3n) is 3.31. The number of fused-ring (bicyclic) bond motifs is 2. The molecule has 0 heterocycles. The summed E-state index contributed by atoms with van der Waals surface area (Å²) in [4.78, 5) is 24.5. The molecule has 6 nitrogen and oxygen atoms in total. The van der Waals surface area contributed by atoms with Crippen LogP contribution in [0.1, 0.15) is 31.8 Å². The molecule has 7 heteroatoms. The molecule has 0 amide bonds. The maximum atomic E-state index is 12.5. The average molecular weight is 303 g/mol. The van der Waals surface area contributed by atoms with Gasteiger partial charge in [-0.2, -0.15) is 5.90 Å². The van der Waals surface area contributed by atoms with Gasteiger partial charge < -0.3 is 0 Å². The van der Waals surface area contributed by atoms with Crippen LogP contribution in [0.5, 0.6) is 0 Å². The van der Waals surface area contributed by atoms with E-state index in [9.17, 15) is 18.4 Å². The average Bonchev–Trinajstić information content (AvgIpc) is 2.52. The zero-order valence-corrected chi connectivity index (χ0v) is 11.4. The Labute approximate surface area is 120 Å². The molecule has 2 aromatic carbocycles. The first kappa shape index (κ1) is 13.8. The Morgan fingerprint density at radius 1 is 0.857 bits per heavy atom. The highest BCUT2D eigenvalue weighted by atomic mass is 32.3. The van der Waals surface area contributed by atoms with Gasteiger partial charge in [0, 0.05) is 22.8 Å². The first-order chi connectivity index (χ1) is 9.97. The SMILES string of the molecule is NO[S+]([O])(=O)c1cccc2c1C(=O)c1ccccc1C2=O. The highest BCUT2D eigenvalue weighted by molar-refractivity contribution is 7.93. The zero-order chi connectivity index (χ0) is 15.2. The third kappa shape index (κ3) is 1.95.